The monoisotopic (exact) mass is 449 g/mol. The first-order valence-corrected chi connectivity index (χ1v) is 13.6. The highest BCUT2D eigenvalue weighted by Crippen LogP contribution is 2.69. The second kappa shape index (κ2) is 7.91. The van der Waals surface area contributed by atoms with E-state index in [2.05, 4.69) is 20.8 Å². The summed E-state index contributed by atoms with van der Waals surface area (Å²) in [5.41, 5.74) is 8.02. The molecule has 0 radical (unpaired) electrons. The normalized spacial score (nSPS) is 60.4. The Hall–Kier alpha value is -0.200. The molecule has 13 atom stereocenters. The molecule has 5 aliphatic rings. The Morgan fingerprint density at radius 3 is 2.34 bits per heavy atom. The topological polar surface area (TPSA) is 95.9 Å². The number of hydrogen-bond acceptors (Lipinski definition) is 5. The zero-order chi connectivity index (χ0) is 23.1. The highest BCUT2D eigenvalue weighted by molar-refractivity contribution is 5.19. The standard InChI is InChI=1S/C27H47NO4/c1-5-17-9-13-27(28)20-7-6-18-14-16(24-23(31)22(30)21(29)15(2)32-24)8-11-25(18,3)19(20)10-12-26(17,27)4/h15-24,29-31H,5-14,28H2,1-4H3/t15-,16?,17-,18+,19-,20+,21-,22+,23+,24-,25-,26+,27-/m0/s1. The van der Waals surface area contributed by atoms with E-state index in [-0.39, 0.29) is 17.6 Å². The highest BCUT2D eigenvalue weighted by atomic mass is 16.5. The van der Waals surface area contributed by atoms with Gasteiger partial charge >= 0.3 is 0 Å². The molecular weight excluding hydrogens is 402 g/mol. The number of hydrogen-bond donors (Lipinski definition) is 4. The lowest BCUT2D eigenvalue weighted by atomic mass is 9.42. The molecule has 1 saturated heterocycles. The lowest BCUT2D eigenvalue weighted by Gasteiger charge is -2.65. The third kappa shape index (κ3) is 3.07. The molecule has 0 bridgehead atoms. The van der Waals surface area contributed by atoms with Crippen LogP contribution in [0.2, 0.25) is 0 Å². The Labute approximate surface area is 194 Å². The average Bonchev–Trinajstić information content (AvgIpc) is 3.05. The summed E-state index contributed by atoms with van der Waals surface area (Å²) in [6.07, 6.45) is 8.13. The largest absolute Gasteiger partial charge is 0.388 e. The SMILES string of the molecule is CC[C@H]1CC[C@]2(N)[C@@H]3CC[C@@H]4CC([C@@H]5O[C@@H](C)[C@H](O)[C@@H](O)[C@H]5O)CC[C@]4(C)[C@H]3CC[C@]12C. The van der Waals surface area contributed by atoms with Crippen LogP contribution in [0.1, 0.15) is 91.9 Å². The second-order valence-electron chi connectivity index (χ2n) is 12.9. The predicted molar refractivity (Wildman–Crippen MR) is 125 cm³/mol. The van der Waals surface area contributed by atoms with Gasteiger partial charge in [0.15, 0.2) is 0 Å². The molecule has 0 aromatic carbocycles. The first kappa shape index (κ1) is 23.5. The molecule has 0 amide bonds. The molecule has 1 unspecified atom stereocenters. The summed E-state index contributed by atoms with van der Waals surface area (Å²) in [6.45, 7) is 9.21. The third-order valence-corrected chi connectivity index (χ3v) is 12.1. The molecule has 0 aromatic heterocycles. The molecule has 32 heavy (non-hydrogen) atoms. The van der Waals surface area contributed by atoms with Gasteiger partial charge in [0.1, 0.15) is 18.3 Å². The maximum atomic E-state index is 10.7. The van der Waals surface area contributed by atoms with Crippen LogP contribution in [-0.4, -0.2) is 51.4 Å². The van der Waals surface area contributed by atoms with Gasteiger partial charge in [-0.05, 0) is 105 Å². The van der Waals surface area contributed by atoms with Crippen molar-refractivity contribution >= 4 is 0 Å². The summed E-state index contributed by atoms with van der Waals surface area (Å²) in [5.74, 6) is 3.02. The minimum Gasteiger partial charge on any atom is -0.388 e. The molecule has 5 heteroatoms. The van der Waals surface area contributed by atoms with Gasteiger partial charge < -0.3 is 25.8 Å². The smallest absolute Gasteiger partial charge is 0.111 e. The van der Waals surface area contributed by atoms with E-state index in [1.807, 2.05) is 0 Å². The number of rotatable bonds is 2. The van der Waals surface area contributed by atoms with E-state index >= 15 is 0 Å². The minimum atomic E-state index is -1.12. The van der Waals surface area contributed by atoms with Crippen molar-refractivity contribution in [1.29, 1.82) is 0 Å². The van der Waals surface area contributed by atoms with Gasteiger partial charge in [-0.3, -0.25) is 0 Å². The summed E-state index contributed by atoms with van der Waals surface area (Å²) < 4.78 is 6.07. The van der Waals surface area contributed by atoms with Gasteiger partial charge in [-0.15, -0.1) is 0 Å². The van der Waals surface area contributed by atoms with Crippen molar-refractivity contribution in [3.8, 4) is 0 Å². The summed E-state index contributed by atoms with van der Waals surface area (Å²) in [4.78, 5) is 0. The van der Waals surface area contributed by atoms with Crippen molar-refractivity contribution in [2.45, 2.75) is 128 Å². The number of aliphatic hydroxyl groups excluding tert-OH is 3. The Morgan fingerprint density at radius 2 is 1.62 bits per heavy atom. The van der Waals surface area contributed by atoms with Crippen LogP contribution >= 0.6 is 0 Å². The number of aliphatic hydroxyl groups is 3. The fourth-order valence-electron chi connectivity index (χ4n) is 9.90. The van der Waals surface area contributed by atoms with Crippen LogP contribution in [0.15, 0.2) is 0 Å². The maximum Gasteiger partial charge on any atom is 0.111 e. The van der Waals surface area contributed by atoms with Crippen LogP contribution in [0.4, 0.5) is 0 Å². The van der Waals surface area contributed by atoms with Crippen molar-refractivity contribution in [2.24, 2.45) is 46.2 Å². The van der Waals surface area contributed by atoms with Crippen molar-refractivity contribution in [3.05, 3.63) is 0 Å². The maximum absolute atomic E-state index is 10.7. The second-order valence-corrected chi connectivity index (χ2v) is 12.9. The first-order valence-electron chi connectivity index (χ1n) is 13.6. The summed E-state index contributed by atoms with van der Waals surface area (Å²) in [7, 11) is 0. The molecule has 5 rings (SSSR count). The average molecular weight is 450 g/mol. The van der Waals surface area contributed by atoms with Gasteiger partial charge in [0.05, 0.1) is 12.2 Å². The van der Waals surface area contributed by atoms with Gasteiger partial charge in [0.2, 0.25) is 0 Å². The van der Waals surface area contributed by atoms with E-state index in [4.69, 9.17) is 10.5 Å². The van der Waals surface area contributed by atoms with E-state index in [1.165, 1.54) is 44.9 Å². The van der Waals surface area contributed by atoms with Gasteiger partial charge in [0.25, 0.3) is 0 Å². The molecule has 4 aliphatic carbocycles. The molecule has 0 spiro atoms. The third-order valence-electron chi connectivity index (χ3n) is 12.1. The Balaban J connectivity index is 1.34. The number of ether oxygens (including phenoxy) is 1. The Bertz CT molecular complexity index is 718. The predicted octanol–water partition coefficient (Wildman–Crippen LogP) is 3.62. The Kier molecular flexibility index (Phi) is 5.82. The van der Waals surface area contributed by atoms with Crippen LogP contribution in [0.5, 0.6) is 0 Å². The molecule has 4 saturated carbocycles. The quantitative estimate of drug-likeness (QED) is 0.516. The van der Waals surface area contributed by atoms with Crippen LogP contribution < -0.4 is 5.73 Å². The van der Waals surface area contributed by atoms with Gasteiger partial charge in [-0.2, -0.15) is 0 Å². The van der Waals surface area contributed by atoms with Crippen molar-refractivity contribution < 1.29 is 20.1 Å². The Morgan fingerprint density at radius 1 is 0.875 bits per heavy atom. The zero-order valence-electron chi connectivity index (χ0n) is 20.7. The van der Waals surface area contributed by atoms with Gasteiger partial charge in [0, 0.05) is 5.54 Å². The van der Waals surface area contributed by atoms with Gasteiger partial charge in [-0.1, -0.05) is 27.2 Å². The van der Waals surface area contributed by atoms with E-state index in [0.717, 1.165) is 25.2 Å². The highest BCUT2D eigenvalue weighted by Gasteiger charge is 2.66. The number of nitrogens with two attached hydrogens (primary N) is 1. The molecule has 184 valence electrons. The summed E-state index contributed by atoms with van der Waals surface area (Å²) >= 11 is 0. The number of fused-ring (bicyclic) bond motifs is 5. The van der Waals surface area contributed by atoms with Crippen LogP contribution in [-0.2, 0) is 4.74 Å². The zero-order valence-corrected chi connectivity index (χ0v) is 20.7. The van der Waals surface area contributed by atoms with E-state index in [9.17, 15) is 15.3 Å². The molecule has 0 aromatic rings. The summed E-state index contributed by atoms with van der Waals surface area (Å²) in [6, 6.07) is 0. The fourth-order valence-corrected chi connectivity index (χ4v) is 9.90. The van der Waals surface area contributed by atoms with Crippen molar-refractivity contribution in [2.75, 3.05) is 0 Å². The first-order chi connectivity index (χ1) is 15.1. The van der Waals surface area contributed by atoms with Crippen molar-refractivity contribution in [1.82, 2.24) is 0 Å². The summed E-state index contributed by atoms with van der Waals surface area (Å²) in [5, 5.41) is 31.1. The lowest BCUT2D eigenvalue weighted by Crippen LogP contribution is -2.66. The van der Waals surface area contributed by atoms with Crippen molar-refractivity contribution in [3.63, 3.8) is 0 Å². The molecule has 1 heterocycles. The van der Waals surface area contributed by atoms with E-state index < -0.39 is 24.4 Å². The molecule has 1 aliphatic heterocycles. The lowest BCUT2D eigenvalue weighted by molar-refractivity contribution is -0.238. The van der Waals surface area contributed by atoms with Crippen LogP contribution in [0, 0.1) is 40.4 Å². The minimum absolute atomic E-state index is 0.000221. The van der Waals surface area contributed by atoms with Crippen LogP contribution in [0.25, 0.3) is 0 Å². The van der Waals surface area contributed by atoms with E-state index in [0.29, 0.717) is 28.6 Å². The molecular formula is C27H47NO4. The molecule has 5 N–H and O–H groups in total. The fraction of sp³-hybridized carbons (Fsp3) is 1.00. The van der Waals surface area contributed by atoms with Gasteiger partial charge in [-0.25, -0.2) is 0 Å². The van der Waals surface area contributed by atoms with E-state index in [1.54, 1.807) is 6.92 Å². The van der Waals surface area contributed by atoms with Crippen LogP contribution in [0.3, 0.4) is 0 Å². The molecule has 5 fully saturated rings. The molecule has 5 nitrogen and oxygen atoms in total.